The molecule has 40 heteroatoms. The van der Waals surface area contributed by atoms with Crippen molar-refractivity contribution in [2.45, 2.75) is 90.5 Å². The fourth-order valence-electron chi connectivity index (χ4n) is 2.93. The zero-order chi connectivity index (χ0) is 46.4. The molecule has 0 aromatic rings. The molecule has 0 radical (unpaired) electrons. The quantitative estimate of drug-likeness (QED) is 0.0647. The maximum atomic E-state index is 14.5. The van der Waals surface area contributed by atoms with E-state index < -0.39 is 119 Å². The lowest BCUT2D eigenvalue weighted by molar-refractivity contribution is -0.577. The number of hydrogen-bond acceptors (Lipinski definition) is 6. The van der Waals surface area contributed by atoms with Gasteiger partial charge in [-0.2, -0.15) is 127 Å². The first kappa shape index (κ1) is 53.9. The summed E-state index contributed by atoms with van der Waals surface area (Å²) in [6.07, 6.45) is -32.8. The van der Waals surface area contributed by atoms with Crippen LogP contribution >= 0.6 is 7.82 Å². The SMILES string of the molecule is CCN(C(F)(F)C(F)(F)OC(F)(OC(F)(OP(=O)(O)O)C(F)(F)F)C(F)(F)F)S(=O)(=O)C(F)(F)C(F)(F)C(F)(F)C(F)(F)C(F)(F)C(F)(F)C(F)(F)C(F)(F)F. The first-order chi connectivity index (χ1) is 23.6. The van der Waals surface area contributed by atoms with E-state index in [-0.39, 0.29) is 0 Å². The second-order valence-electron chi connectivity index (χ2n) is 9.54. The van der Waals surface area contributed by atoms with Gasteiger partial charge < -0.3 is 9.79 Å². The Morgan fingerprint density at radius 3 is 1.05 bits per heavy atom. The Labute approximate surface area is 284 Å². The molecule has 0 spiro atoms. The topological polar surface area (TPSA) is 123 Å². The predicted molar refractivity (Wildman–Crippen MR) is 107 cm³/mol. The Bertz CT molecular complexity index is 1580. The average molecular weight is 955 g/mol. The second kappa shape index (κ2) is 14.0. The van der Waals surface area contributed by atoms with Crippen molar-refractivity contribution in [3.63, 3.8) is 0 Å². The standard InChI is InChI=1S/C16H7F29NO8PS/c1-2-46(12(38,39)13(40,41)52-15(44,10(32,33)34)53-16(45,11(35,36)37)54-55(47,48)49)56(50,51)14(42,43)8(27,28)6(23,24)4(19,20)3(17,18)5(21,22)7(25,26)9(29,30)31/h2H2,1H3,(H2,47,48,49). The fourth-order valence-corrected chi connectivity index (χ4v) is 4.85. The van der Waals surface area contributed by atoms with E-state index in [4.69, 9.17) is 9.79 Å². The zero-order valence-corrected chi connectivity index (χ0v) is 26.0. The predicted octanol–water partition coefficient (Wildman–Crippen LogP) is 8.30. The third kappa shape index (κ3) is 8.10. The van der Waals surface area contributed by atoms with Crippen molar-refractivity contribution >= 4 is 17.8 Å². The van der Waals surface area contributed by atoms with Gasteiger partial charge >= 0.3 is 91.4 Å². The van der Waals surface area contributed by atoms with Gasteiger partial charge in [0.25, 0.3) is 10.0 Å². The van der Waals surface area contributed by atoms with Crippen LogP contribution in [0.5, 0.6) is 0 Å². The van der Waals surface area contributed by atoms with Crippen molar-refractivity contribution in [1.82, 2.24) is 4.31 Å². The van der Waals surface area contributed by atoms with Gasteiger partial charge in [0.1, 0.15) is 0 Å². The summed E-state index contributed by atoms with van der Waals surface area (Å²) in [5, 5.41) is -9.17. The molecule has 0 aliphatic carbocycles. The zero-order valence-electron chi connectivity index (χ0n) is 24.3. The summed E-state index contributed by atoms with van der Waals surface area (Å²) in [7, 11) is -17.1. The molecule has 0 aliphatic rings. The van der Waals surface area contributed by atoms with Gasteiger partial charge in [-0.25, -0.2) is 27.0 Å². The number of phosphoric ester groups is 1. The number of ether oxygens (including phenoxy) is 2. The lowest BCUT2D eigenvalue weighted by atomic mass is 9.91. The molecular weight excluding hydrogens is 948 g/mol. The van der Waals surface area contributed by atoms with Gasteiger partial charge in [-0.15, -0.1) is 4.31 Å². The molecule has 0 fully saturated rings. The van der Waals surface area contributed by atoms with Crippen LogP contribution in [0.4, 0.5) is 127 Å². The summed E-state index contributed by atoms with van der Waals surface area (Å²) in [6, 6.07) is -24.2. The van der Waals surface area contributed by atoms with Crippen LogP contribution in [0.1, 0.15) is 6.92 Å². The first-order valence-corrected chi connectivity index (χ1v) is 14.7. The molecule has 0 rings (SSSR count). The summed E-state index contributed by atoms with van der Waals surface area (Å²) in [5.41, 5.74) is 0. The summed E-state index contributed by atoms with van der Waals surface area (Å²) in [5.74, 6) is -56.3. The van der Waals surface area contributed by atoms with Crippen LogP contribution < -0.4 is 0 Å². The number of alkyl halides is 29. The molecule has 2 N–H and O–H groups in total. The molecule has 0 bridgehead atoms. The Hall–Kier alpha value is -2.09. The Morgan fingerprint density at radius 1 is 0.482 bits per heavy atom. The van der Waals surface area contributed by atoms with Gasteiger partial charge in [0.2, 0.25) is 0 Å². The van der Waals surface area contributed by atoms with E-state index in [0.717, 1.165) is 0 Å². The Morgan fingerprint density at radius 2 is 0.786 bits per heavy atom. The average Bonchev–Trinajstić information content (AvgIpc) is 2.88. The van der Waals surface area contributed by atoms with Crippen LogP contribution in [-0.4, -0.2) is 113 Å². The normalized spacial score (nSPS) is 18.6. The minimum absolute atomic E-state index is 0.802. The van der Waals surface area contributed by atoms with Crippen molar-refractivity contribution in [2.24, 2.45) is 0 Å². The van der Waals surface area contributed by atoms with Crippen LogP contribution in [0, 0.1) is 0 Å². The van der Waals surface area contributed by atoms with Gasteiger partial charge in [0.15, 0.2) is 0 Å². The van der Waals surface area contributed by atoms with Crippen molar-refractivity contribution in [3.05, 3.63) is 0 Å². The summed E-state index contributed by atoms with van der Waals surface area (Å²) < 4.78 is 428. The second-order valence-corrected chi connectivity index (χ2v) is 12.6. The monoisotopic (exact) mass is 955 g/mol. The van der Waals surface area contributed by atoms with E-state index in [1.807, 2.05) is 4.52 Å². The number of likely N-dealkylation sites (N-methyl/N-ethyl adjacent to an activating group) is 1. The fraction of sp³-hybridized carbons (Fsp3) is 1.00. The van der Waals surface area contributed by atoms with Gasteiger partial charge in [-0.05, 0) is 0 Å². The smallest absolute Gasteiger partial charge is 0.303 e. The van der Waals surface area contributed by atoms with E-state index in [1.165, 1.54) is 4.74 Å². The minimum atomic E-state index is -9.67. The minimum Gasteiger partial charge on any atom is -0.303 e. The van der Waals surface area contributed by atoms with E-state index in [9.17, 15) is 140 Å². The molecule has 2 unspecified atom stereocenters. The van der Waals surface area contributed by atoms with Gasteiger partial charge in [0.05, 0.1) is 0 Å². The Kier molecular flexibility index (Phi) is 13.5. The van der Waals surface area contributed by atoms with Gasteiger partial charge in [-0.1, -0.05) is 6.92 Å². The third-order valence-corrected chi connectivity index (χ3v) is 8.14. The number of hydrogen-bond donors (Lipinski definition) is 2. The van der Waals surface area contributed by atoms with E-state index in [2.05, 4.69) is 0 Å². The highest BCUT2D eigenvalue weighted by molar-refractivity contribution is 7.90. The van der Waals surface area contributed by atoms with Crippen molar-refractivity contribution < 1.29 is 164 Å². The third-order valence-electron chi connectivity index (χ3n) is 5.69. The van der Waals surface area contributed by atoms with Crippen LogP contribution in [-0.2, 0) is 28.6 Å². The molecule has 338 valence electrons. The highest BCUT2D eigenvalue weighted by Gasteiger charge is 2.97. The number of nitrogens with zero attached hydrogens (tertiary/aromatic N) is 1. The van der Waals surface area contributed by atoms with E-state index >= 15 is 0 Å². The van der Waals surface area contributed by atoms with Crippen molar-refractivity contribution in [1.29, 1.82) is 0 Å². The van der Waals surface area contributed by atoms with Crippen molar-refractivity contribution in [2.75, 3.05) is 6.54 Å². The molecule has 9 nitrogen and oxygen atoms in total. The maximum Gasteiger partial charge on any atom is 0.478 e. The van der Waals surface area contributed by atoms with Crippen LogP contribution in [0.25, 0.3) is 0 Å². The maximum absolute atomic E-state index is 14.5. The number of phosphoric acid groups is 1. The summed E-state index contributed by atoms with van der Waals surface area (Å²) in [6.45, 7) is -4.25. The summed E-state index contributed by atoms with van der Waals surface area (Å²) >= 11 is 0. The molecule has 0 aromatic carbocycles. The lowest BCUT2D eigenvalue weighted by Crippen LogP contribution is -2.76. The highest BCUT2D eigenvalue weighted by atomic mass is 32.2. The number of sulfonamides is 1. The highest BCUT2D eigenvalue weighted by Crippen LogP contribution is 2.65. The van der Waals surface area contributed by atoms with E-state index in [1.54, 1.807) is 4.74 Å². The first-order valence-electron chi connectivity index (χ1n) is 11.7. The summed E-state index contributed by atoms with van der Waals surface area (Å²) in [4.78, 5) is 16.3. The van der Waals surface area contributed by atoms with Crippen LogP contribution in [0.3, 0.4) is 0 Å². The molecule has 0 saturated heterocycles. The van der Waals surface area contributed by atoms with Crippen LogP contribution in [0.15, 0.2) is 0 Å². The largest absolute Gasteiger partial charge is 0.478 e. The molecule has 0 aromatic heterocycles. The molecule has 0 saturated carbocycles. The number of rotatable bonds is 17. The molecule has 2 atom stereocenters. The van der Waals surface area contributed by atoms with Gasteiger partial charge in [-0.3, -0.25) is 0 Å². The van der Waals surface area contributed by atoms with Crippen molar-refractivity contribution in [3.8, 4) is 0 Å². The molecule has 0 aliphatic heterocycles. The molecule has 0 heterocycles. The molecule has 0 amide bonds. The van der Waals surface area contributed by atoms with Gasteiger partial charge in [0, 0.05) is 6.54 Å². The lowest BCUT2D eigenvalue weighted by Gasteiger charge is -2.44. The van der Waals surface area contributed by atoms with Crippen LogP contribution in [0.2, 0.25) is 0 Å². The molecular formula is C16H7F29NO8PS. The molecule has 56 heavy (non-hydrogen) atoms. The number of halogens is 29. The van der Waals surface area contributed by atoms with E-state index in [0.29, 0.717) is 0 Å². The Balaban J connectivity index is 7.67.